The fraction of sp³-hybridized carbons (Fsp3) is 0.385. The smallest absolute Gasteiger partial charge is 0.191 e. The standard InChI is InChI=1S/C26H33N5O/c1-21-6-3-4-7-24(21)26(13-18-32-19-14-26)20-29-25(27-2)28-16-12-22-8-10-23(11-9-22)31-17-5-15-30-31/h3-11,15,17H,12-14,16,18-20H2,1-2H3,(H2,27,28,29). The zero-order valence-corrected chi connectivity index (χ0v) is 19.1. The molecule has 0 spiro atoms. The van der Waals surface area contributed by atoms with Crippen LogP contribution >= 0.6 is 0 Å². The Hall–Kier alpha value is -3.12. The monoisotopic (exact) mass is 431 g/mol. The number of hydrogen-bond donors (Lipinski definition) is 2. The number of benzene rings is 2. The van der Waals surface area contributed by atoms with Gasteiger partial charge in [-0.3, -0.25) is 4.99 Å². The molecule has 2 aromatic carbocycles. The fourth-order valence-corrected chi connectivity index (χ4v) is 4.51. The van der Waals surface area contributed by atoms with Crippen LogP contribution in [0.1, 0.15) is 29.5 Å². The first-order chi connectivity index (χ1) is 15.7. The number of hydrogen-bond acceptors (Lipinski definition) is 3. The summed E-state index contributed by atoms with van der Waals surface area (Å²) >= 11 is 0. The summed E-state index contributed by atoms with van der Waals surface area (Å²) in [5.41, 5.74) is 5.19. The lowest BCUT2D eigenvalue weighted by molar-refractivity contribution is 0.0512. The first kappa shape index (κ1) is 22.1. The summed E-state index contributed by atoms with van der Waals surface area (Å²) in [6, 6.07) is 19.2. The number of nitrogens with zero attached hydrogens (tertiary/aromatic N) is 3. The molecule has 1 aliphatic rings. The summed E-state index contributed by atoms with van der Waals surface area (Å²) in [4.78, 5) is 4.45. The Bertz CT molecular complexity index is 1000. The van der Waals surface area contributed by atoms with Crippen LogP contribution in [-0.4, -0.2) is 49.1 Å². The van der Waals surface area contributed by atoms with E-state index in [0.717, 1.165) is 57.2 Å². The predicted octanol–water partition coefficient (Wildman–Crippen LogP) is 3.64. The van der Waals surface area contributed by atoms with Gasteiger partial charge in [-0.2, -0.15) is 5.10 Å². The van der Waals surface area contributed by atoms with Gasteiger partial charge in [0.1, 0.15) is 0 Å². The Kier molecular flexibility index (Phi) is 7.22. The van der Waals surface area contributed by atoms with Crippen LogP contribution in [0.4, 0.5) is 0 Å². The maximum atomic E-state index is 5.69. The van der Waals surface area contributed by atoms with E-state index in [1.807, 2.05) is 24.0 Å². The van der Waals surface area contributed by atoms with Crippen molar-refractivity contribution in [1.29, 1.82) is 0 Å². The van der Waals surface area contributed by atoms with Gasteiger partial charge in [0.15, 0.2) is 5.96 Å². The van der Waals surface area contributed by atoms with Crippen molar-refractivity contribution in [2.45, 2.75) is 31.6 Å². The average Bonchev–Trinajstić information content (AvgIpc) is 3.38. The maximum Gasteiger partial charge on any atom is 0.191 e. The van der Waals surface area contributed by atoms with Gasteiger partial charge in [0.05, 0.1) is 5.69 Å². The number of ether oxygens (including phenoxy) is 1. The van der Waals surface area contributed by atoms with Crippen molar-refractivity contribution in [3.63, 3.8) is 0 Å². The third-order valence-electron chi connectivity index (χ3n) is 6.40. The molecule has 1 aliphatic heterocycles. The Labute approximate surface area is 190 Å². The molecule has 2 N–H and O–H groups in total. The first-order valence-electron chi connectivity index (χ1n) is 11.4. The molecule has 1 aromatic heterocycles. The number of aromatic nitrogens is 2. The molecular formula is C26H33N5O. The third-order valence-corrected chi connectivity index (χ3v) is 6.40. The van der Waals surface area contributed by atoms with E-state index in [0.29, 0.717) is 0 Å². The van der Waals surface area contributed by atoms with Crippen molar-refractivity contribution < 1.29 is 4.74 Å². The van der Waals surface area contributed by atoms with Crippen LogP contribution in [0, 0.1) is 6.92 Å². The van der Waals surface area contributed by atoms with Crippen LogP contribution in [0.3, 0.4) is 0 Å². The highest BCUT2D eigenvalue weighted by atomic mass is 16.5. The SMILES string of the molecule is CN=C(NCCc1ccc(-n2cccn2)cc1)NCC1(c2ccccc2C)CCOCC1. The summed E-state index contributed by atoms with van der Waals surface area (Å²) < 4.78 is 7.56. The van der Waals surface area contributed by atoms with Crippen molar-refractivity contribution in [1.82, 2.24) is 20.4 Å². The minimum Gasteiger partial charge on any atom is -0.381 e. The lowest BCUT2D eigenvalue weighted by Gasteiger charge is -2.39. The van der Waals surface area contributed by atoms with Gasteiger partial charge < -0.3 is 15.4 Å². The molecule has 0 radical (unpaired) electrons. The highest BCUT2D eigenvalue weighted by Gasteiger charge is 2.35. The van der Waals surface area contributed by atoms with Gasteiger partial charge in [-0.05, 0) is 61.1 Å². The molecule has 4 rings (SSSR count). The summed E-state index contributed by atoms with van der Waals surface area (Å²) in [6.45, 7) is 5.48. The maximum absolute atomic E-state index is 5.69. The van der Waals surface area contributed by atoms with E-state index in [1.54, 1.807) is 6.20 Å². The molecule has 0 bridgehead atoms. The highest BCUT2D eigenvalue weighted by Crippen LogP contribution is 2.36. The van der Waals surface area contributed by atoms with Crippen LogP contribution in [-0.2, 0) is 16.6 Å². The van der Waals surface area contributed by atoms with Crippen LogP contribution in [0.25, 0.3) is 5.69 Å². The molecule has 32 heavy (non-hydrogen) atoms. The molecule has 6 nitrogen and oxygen atoms in total. The van der Waals surface area contributed by atoms with E-state index in [2.05, 4.69) is 76.2 Å². The second-order valence-electron chi connectivity index (χ2n) is 8.43. The van der Waals surface area contributed by atoms with Crippen LogP contribution < -0.4 is 10.6 Å². The van der Waals surface area contributed by atoms with Crippen molar-refractivity contribution in [3.8, 4) is 5.69 Å². The summed E-state index contributed by atoms with van der Waals surface area (Å²) in [5.74, 6) is 0.845. The molecule has 1 saturated heterocycles. The Balaban J connectivity index is 1.32. The van der Waals surface area contributed by atoms with Crippen molar-refractivity contribution in [2.24, 2.45) is 4.99 Å². The number of aryl methyl sites for hydroxylation is 1. The molecule has 0 aliphatic carbocycles. The first-order valence-corrected chi connectivity index (χ1v) is 11.4. The predicted molar refractivity (Wildman–Crippen MR) is 130 cm³/mol. The van der Waals surface area contributed by atoms with E-state index in [-0.39, 0.29) is 5.41 Å². The largest absolute Gasteiger partial charge is 0.381 e. The van der Waals surface area contributed by atoms with Crippen LogP contribution in [0.2, 0.25) is 0 Å². The van der Waals surface area contributed by atoms with E-state index >= 15 is 0 Å². The van der Waals surface area contributed by atoms with Gasteiger partial charge in [0.25, 0.3) is 0 Å². The third kappa shape index (κ3) is 5.19. The van der Waals surface area contributed by atoms with E-state index in [1.165, 1.54) is 16.7 Å². The molecule has 6 heteroatoms. The molecule has 0 amide bonds. The van der Waals surface area contributed by atoms with Gasteiger partial charge in [-0.25, -0.2) is 4.68 Å². The minimum absolute atomic E-state index is 0.0730. The Morgan fingerprint density at radius 1 is 1.06 bits per heavy atom. The van der Waals surface area contributed by atoms with Crippen molar-refractivity contribution >= 4 is 5.96 Å². The molecule has 0 unspecified atom stereocenters. The van der Waals surface area contributed by atoms with Gasteiger partial charge in [-0.1, -0.05) is 36.4 Å². The molecular weight excluding hydrogens is 398 g/mol. The summed E-state index contributed by atoms with van der Waals surface area (Å²) in [5, 5.41) is 11.3. The van der Waals surface area contributed by atoms with E-state index in [4.69, 9.17) is 4.74 Å². The van der Waals surface area contributed by atoms with Gasteiger partial charge in [0.2, 0.25) is 0 Å². The molecule has 168 valence electrons. The van der Waals surface area contributed by atoms with Gasteiger partial charge >= 0.3 is 0 Å². The number of guanidine groups is 1. The lowest BCUT2D eigenvalue weighted by atomic mass is 9.72. The lowest BCUT2D eigenvalue weighted by Crippen LogP contribution is -2.48. The normalized spacial score (nSPS) is 16.0. The number of nitrogens with one attached hydrogen (secondary N) is 2. The van der Waals surface area contributed by atoms with Gasteiger partial charge in [0, 0.05) is 51.2 Å². The second kappa shape index (κ2) is 10.5. The van der Waals surface area contributed by atoms with Gasteiger partial charge in [-0.15, -0.1) is 0 Å². The zero-order valence-electron chi connectivity index (χ0n) is 19.1. The van der Waals surface area contributed by atoms with E-state index < -0.39 is 0 Å². The minimum atomic E-state index is 0.0730. The molecule has 3 aromatic rings. The molecule has 0 atom stereocenters. The van der Waals surface area contributed by atoms with Crippen LogP contribution in [0.15, 0.2) is 72.0 Å². The summed E-state index contributed by atoms with van der Waals surface area (Å²) in [6.07, 6.45) is 6.71. The molecule has 0 saturated carbocycles. The highest BCUT2D eigenvalue weighted by molar-refractivity contribution is 5.79. The van der Waals surface area contributed by atoms with E-state index in [9.17, 15) is 0 Å². The summed E-state index contributed by atoms with van der Waals surface area (Å²) in [7, 11) is 1.83. The van der Waals surface area contributed by atoms with Crippen molar-refractivity contribution in [2.75, 3.05) is 33.4 Å². The second-order valence-corrected chi connectivity index (χ2v) is 8.43. The fourth-order valence-electron chi connectivity index (χ4n) is 4.51. The Morgan fingerprint density at radius 3 is 2.53 bits per heavy atom. The topological polar surface area (TPSA) is 63.5 Å². The zero-order chi connectivity index (χ0) is 22.2. The number of aliphatic imine (C=N–C) groups is 1. The quantitative estimate of drug-likeness (QED) is 0.443. The molecule has 2 heterocycles. The van der Waals surface area contributed by atoms with Crippen LogP contribution in [0.5, 0.6) is 0 Å². The van der Waals surface area contributed by atoms with Crippen molar-refractivity contribution in [3.05, 3.63) is 83.7 Å². The number of rotatable bonds is 7. The average molecular weight is 432 g/mol. The molecule has 1 fully saturated rings. The Morgan fingerprint density at radius 2 is 1.84 bits per heavy atom.